The van der Waals surface area contributed by atoms with Crippen LogP contribution in [-0.2, 0) is 26.5 Å². The second kappa shape index (κ2) is 15.2. The topological polar surface area (TPSA) is 25.8 Å². The minimum Gasteiger partial charge on any atom is -0.305 e. The summed E-state index contributed by atoms with van der Waals surface area (Å²) in [4.78, 5) is 9.26. The number of thiophene rings is 1. The molecule has 7 aromatic rings. The van der Waals surface area contributed by atoms with E-state index in [0.717, 1.165) is 38.0 Å². The molecule has 6 heteroatoms. The van der Waals surface area contributed by atoms with E-state index in [-0.39, 0.29) is 31.5 Å². The summed E-state index contributed by atoms with van der Waals surface area (Å²) in [6.07, 6.45) is 4.84. The van der Waals surface area contributed by atoms with Gasteiger partial charge in [-0.05, 0) is 63.7 Å². The van der Waals surface area contributed by atoms with Gasteiger partial charge in [0, 0.05) is 52.3 Å². The molecule has 3 aromatic heterocycles. The number of fused-ring (bicyclic) bond motifs is 3. The van der Waals surface area contributed by atoms with Gasteiger partial charge in [0.1, 0.15) is 5.82 Å². The van der Waals surface area contributed by atoms with Crippen molar-refractivity contribution >= 4 is 44.8 Å². The van der Waals surface area contributed by atoms with E-state index in [4.69, 9.17) is 4.11 Å². The second-order valence-corrected chi connectivity index (χ2v) is 19.2. The van der Waals surface area contributed by atoms with Gasteiger partial charge in [-0.3, -0.25) is 0 Å². The van der Waals surface area contributed by atoms with Crippen molar-refractivity contribution in [1.29, 1.82) is 0 Å². The van der Waals surface area contributed by atoms with Crippen LogP contribution < -0.4 is 5.19 Å². The number of hydrogen-bond donors (Lipinski definition) is 0. The Balaban J connectivity index is 0.000000211. The van der Waals surface area contributed by atoms with Crippen LogP contribution in [-0.4, -0.2) is 18.0 Å². The summed E-state index contributed by atoms with van der Waals surface area (Å²) < 4.78 is 40.3. The molecule has 7 rings (SSSR count). The summed E-state index contributed by atoms with van der Waals surface area (Å²) in [6.45, 7) is 9.43. The molecule has 0 spiro atoms. The first-order valence-electron chi connectivity index (χ1n) is 17.4. The first kappa shape index (κ1) is 31.5. The molecule has 1 radical (unpaired) electrons. The number of rotatable bonds is 6. The van der Waals surface area contributed by atoms with E-state index in [1.807, 2.05) is 60.7 Å². The SMILES string of the molecule is CC(C)Cc1cc(-c2[c-]cccc2)ncc1[Si](C)(C)C.[2H]C([2H])([2H])c1cc(-c2[c-]ccc3c2sc2cccc(F)c23)ncc1-c1ccccc1.[Ir]. The molecule has 245 valence electrons. The molecule has 0 unspecified atom stereocenters. The van der Waals surface area contributed by atoms with Gasteiger partial charge >= 0.3 is 0 Å². The van der Waals surface area contributed by atoms with Crippen molar-refractivity contribution in [2.75, 3.05) is 0 Å². The monoisotopic (exact) mass is 846 g/mol. The van der Waals surface area contributed by atoms with Crippen LogP contribution in [0.25, 0.3) is 53.8 Å². The van der Waals surface area contributed by atoms with Crippen LogP contribution >= 0.6 is 11.3 Å². The zero-order chi connectivity index (χ0) is 35.6. The third kappa shape index (κ3) is 7.74. The van der Waals surface area contributed by atoms with Gasteiger partial charge in [0.15, 0.2) is 0 Å². The maximum atomic E-state index is 14.5. The van der Waals surface area contributed by atoms with E-state index in [0.29, 0.717) is 28.1 Å². The minimum absolute atomic E-state index is 0. The van der Waals surface area contributed by atoms with E-state index in [2.05, 4.69) is 73.9 Å². The molecule has 0 aliphatic heterocycles. The number of aromatic nitrogens is 2. The number of aryl methyl sites for hydroxylation is 1. The summed E-state index contributed by atoms with van der Waals surface area (Å²) in [6, 6.07) is 36.4. The zero-order valence-electron chi connectivity index (χ0n) is 30.7. The van der Waals surface area contributed by atoms with Gasteiger partial charge in [-0.2, -0.15) is 11.3 Å². The Kier molecular flexibility index (Phi) is 9.95. The van der Waals surface area contributed by atoms with Crippen LogP contribution in [0.5, 0.6) is 0 Å². The predicted octanol–water partition coefficient (Wildman–Crippen LogP) is 11.3. The fraction of sp³-hybridized carbons (Fsp3) is 0.190. The molecule has 0 aliphatic rings. The Morgan fingerprint density at radius 3 is 2.33 bits per heavy atom. The first-order valence-corrected chi connectivity index (χ1v) is 20.2. The average Bonchev–Trinajstić information content (AvgIpc) is 3.48. The van der Waals surface area contributed by atoms with E-state index >= 15 is 0 Å². The smallest absolute Gasteiger partial charge is 0.130 e. The fourth-order valence-electron chi connectivity index (χ4n) is 5.86. The summed E-state index contributed by atoms with van der Waals surface area (Å²) in [5, 5.41) is 2.85. The Morgan fingerprint density at radius 2 is 1.62 bits per heavy atom. The van der Waals surface area contributed by atoms with Crippen molar-refractivity contribution in [2.45, 2.75) is 46.8 Å². The van der Waals surface area contributed by atoms with Crippen LogP contribution in [0.4, 0.5) is 4.39 Å². The molecule has 0 fully saturated rings. The predicted molar refractivity (Wildman–Crippen MR) is 202 cm³/mol. The van der Waals surface area contributed by atoms with Crippen molar-refractivity contribution in [1.82, 2.24) is 9.97 Å². The van der Waals surface area contributed by atoms with Crippen LogP contribution in [0.1, 0.15) is 29.1 Å². The first-order chi connectivity index (χ1) is 23.8. The maximum Gasteiger partial charge on any atom is 0.130 e. The van der Waals surface area contributed by atoms with Gasteiger partial charge in [-0.25, -0.2) is 4.39 Å². The largest absolute Gasteiger partial charge is 0.305 e. The van der Waals surface area contributed by atoms with Crippen LogP contribution in [0.3, 0.4) is 0 Å². The Bertz CT molecular complexity index is 2270. The normalized spacial score (nSPS) is 12.5. The molecular weight excluding hydrogens is 804 g/mol. The molecule has 3 heterocycles. The number of hydrogen-bond acceptors (Lipinski definition) is 3. The van der Waals surface area contributed by atoms with Gasteiger partial charge in [-0.15, -0.1) is 59.7 Å². The van der Waals surface area contributed by atoms with E-state index in [1.165, 1.54) is 28.2 Å². The molecule has 0 saturated heterocycles. The molecule has 2 nitrogen and oxygen atoms in total. The second-order valence-electron chi connectivity index (χ2n) is 13.1. The molecule has 0 bridgehead atoms. The number of pyridine rings is 2. The molecule has 48 heavy (non-hydrogen) atoms. The number of benzene rings is 4. The van der Waals surface area contributed by atoms with Gasteiger partial charge in [0.25, 0.3) is 0 Å². The zero-order valence-corrected chi connectivity index (χ0v) is 31.9. The number of nitrogens with zero attached hydrogens (tertiary/aromatic N) is 2. The van der Waals surface area contributed by atoms with Crippen LogP contribution in [0.2, 0.25) is 19.6 Å². The summed E-state index contributed by atoms with van der Waals surface area (Å²) in [5.74, 6) is 0.395. The Labute approximate surface area is 306 Å². The van der Waals surface area contributed by atoms with Crippen molar-refractivity contribution in [3.05, 3.63) is 139 Å². The Hall–Kier alpha value is -3.80. The van der Waals surface area contributed by atoms with Crippen LogP contribution in [0.15, 0.2) is 109 Å². The summed E-state index contributed by atoms with van der Waals surface area (Å²) in [7, 11) is -1.34. The van der Waals surface area contributed by atoms with Gasteiger partial charge in [0.05, 0.1) is 8.07 Å². The van der Waals surface area contributed by atoms with Gasteiger partial charge < -0.3 is 9.97 Å². The summed E-state index contributed by atoms with van der Waals surface area (Å²) >= 11 is 1.46. The third-order valence-electron chi connectivity index (χ3n) is 8.06. The van der Waals surface area contributed by atoms with Crippen molar-refractivity contribution in [2.24, 2.45) is 5.92 Å². The average molecular weight is 846 g/mol. The van der Waals surface area contributed by atoms with Gasteiger partial charge in [0.2, 0.25) is 0 Å². The molecule has 0 atom stereocenters. The van der Waals surface area contributed by atoms with E-state index in [1.54, 1.807) is 24.4 Å². The minimum atomic E-state index is -2.30. The fourth-order valence-corrected chi connectivity index (χ4v) is 8.67. The van der Waals surface area contributed by atoms with E-state index in [9.17, 15) is 4.39 Å². The molecule has 4 aromatic carbocycles. The summed E-state index contributed by atoms with van der Waals surface area (Å²) in [5.41, 5.74) is 6.40. The number of halogens is 1. The molecule has 0 amide bonds. The van der Waals surface area contributed by atoms with Crippen molar-refractivity contribution in [3.8, 4) is 33.6 Å². The molecular formula is C42H39FIrN2SSi-2. The van der Waals surface area contributed by atoms with Gasteiger partial charge in [-0.1, -0.05) is 93.0 Å². The van der Waals surface area contributed by atoms with Crippen molar-refractivity contribution < 1.29 is 28.6 Å². The molecule has 0 saturated carbocycles. The third-order valence-corrected chi connectivity index (χ3v) is 11.3. The quantitative estimate of drug-likeness (QED) is 0.123. The van der Waals surface area contributed by atoms with Crippen LogP contribution in [0, 0.1) is 30.7 Å². The molecule has 0 aliphatic carbocycles. The van der Waals surface area contributed by atoms with Crippen molar-refractivity contribution in [3.63, 3.8) is 0 Å². The molecule has 0 N–H and O–H groups in total. The van der Waals surface area contributed by atoms with E-state index < -0.39 is 14.9 Å². The maximum absolute atomic E-state index is 14.5. The Morgan fingerprint density at radius 1 is 0.854 bits per heavy atom. The standard InChI is InChI=1S/C24H15FNS.C18H24NSi.Ir/c1-15-13-21(26-14-19(15)16-7-3-2-4-8-16)17-9-5-10-18-23-20(25)11-6-12-22(23)27-24(17)18;1-14(2)11-16-12-17(15-9-7-6-8-10-15)19-13-18(16)20(3,4)5;/h2-8,10-14H,1H3;6-9,12-14H,11H2,1-5H3;/q2*-1;/i1D3;;.